The number of sulfonamides is 1. The molecule has 1 saturated carbocycles. The van der Waals surface area contributed by atoms with E-state index >= 15 is 0 Å². The second-order valence-corrected chi connectivity index (χ2v) is 6.53. The third-order valence-electron chi connectivity index (χ3n) is 3.38. The standard InChI is InChI=1S/C12H15N3O5S/c13-21(19,20)11-6-8(5-10(7-11)15(17)18)12(16)14-9-3-1-2-4-9/h5-7,9H,1-4H2,(H,14,16)(H2,13,19,20). The Morgan fingerprint density at radius 3 is 2.43 bits per heavy atom. The number of hydrogen-bond donors (Lipinski definition) is 2. The molecule has 0 radical (unpaired) electrons. The maximum absolute atomic E-state index is 12.1. The van der Waals surface area contributed by atoms with Crippen molar-refractivity contribution in [3.8, 4) is 0 Å². The van der Waals surface area contributed by atoms with Crippen LogP contribution in [0.1, 0.15) is 36.0 Å². The Balaban J connectivity index is 2.35. The fourth-order valence-electron chi connectivity index (χ4n) is 2.32. The number of carbonyl (C=O) groups excluding carboxylic acids is 1. The molecule has 0 bridgehead atoms. The predicted molar refractivity (Wildman–Crippen MR) is 74.2 cm³/mol. The van der Waals surface area contributed by atoms with Gasteiger partial charge in [0, 0.05) is 23.7 Å². The molecular weight excluding hydrogens is 298 g/mol. The van der Waals surface area contributed by atoms with E-state index in [1.165, 1.54) is 0 Å². The molecule has 21 heavy (non-hydrogen) atoms. The Labute approximate surface area is 121 Å². The fraction of sp³-hybridized carbons (Fsp3) is 0.417. The number of nitro benzene ring substituents is 1. The first-order valence-corrected chi connectivity index (χ1v) is 7.95. The van der Waals surface area contributed by atoms with Gasteiger partial charge in [-0.3, -0.25) is 14.9 Å². The van der Waals surface area contributed by atoms with Gasteiger partial charge in [-0.1, -0.05) is 12.8 Å². The molecule has 2 rings (SSSR count). The van der Waals surface area contributed by atoms with Crippen molar-refractivity contribution in [2.75, 3.05) is 0 Å². The Morgan fingerprint density at radius 1 is 1.29 bits per heavy atom. The highest BCUT2D eigenvalue weighted by Crippen LogP contribution is 2.22. The summed E-state index contributed by atoms with van der Waals surface area (Å²) in [4.78, 5) is 21.7. The lowest BCUT2D eigenvalue weighted by molar-refractivity contribution is -0.385. The van der Waals surface area contributed by atoms with Gasteiger partial charge in [0.05, 0.1) is 9.82 Å². The molecule has 0 aromatic heterocycles. The molecule has 3 N–H and O–H groups in total. The van der Waals surface area contributed by atoms with Crippen molar-refractivity contribution in [2.24, 2.45) is 5.14 Å². The number of amides is 1. The van der Waals surface area contributed by atoms with E-state index in [2.05, 4.69) is 5.32 Å². The molecule has 9 heteroatoms. The maximum Gasteiger partial charge on any atom is 0.271 e. The van der Waals surface area contributed by atoms with Crippen molar-refractivity contribution in [3.05, 3.63) is 33.9 Å². The molecule has 8 nitrogen and oxygen atoms in total. The average Bonchev–Trinajstić information content (AvgIpc) is 2.90. The summed E-state index contributed by atoms with van der Waals surface area (Å²) in [5.41, 5.74) is -0.571. The number of nitrogens with zero attached hydrogens (tertiary/aromatic N) is 1. The topological polar surface area (TPSA) is 132 Å². The molecular formula is C12H15N3O5S. The summed E-state index contributed by atoms with van der Waals surface area (Å²) in [5, 5.41) is 18.6. The zero-order valence-corrected chi connectivity index (χ0v) is 11.9. The molecule has 1 aromatic rings. The number of primary sulfonamides is 1. The minimum absolute atomic E-state index is 0.0229. The van der Waals surface area contributed by atoms with Gasteiger partial charge in [0.25, 0.3) is 11.6 Å². The molecule has 1 aromatic carbocycles. The van der Waals surface area contributed by atoms with Gasteiger partial charge in [0.1, 0.15) is 0 Å². The van der Waals surface area contributed by atoms with Crippen LogP contribution in [-0.4, -0.2) is 25.3 Å². The summed E-state index contributed by atoms with van der Waals surface area (Å²) in [7, 11) is -4.13. The van der Waals surface area contributed by atoms with E-state index < -0.39 is 31.4 Å². The lowest BCUT2D eigenvalue weighted by Crippen LogP contribution is -2.32. The van der Waals surface area contributed by atoms with Gasteiger partial charge in [-0.2, -0.15) is 0 Å². The number of nitro groups is 1. The molecule has 0 saturated heterocycles. The Hall–Kier alpha value is -2.00. The van der Waals surface area contributed by atoms with Crippen molar-refractivity contribution < 1.29 is 18.1 Å². The van der Waals surface area contributed by atoms with Gasteiger partial charge in [-0.05, 0) is 18.9 Å². The summed E-state index contributed by atoms with van der Waals surface area (Å²) < 4.78 is 22.7. The second kappa shape index (κ2) is 5.78. The minimum Gasteiger partial charge on any atom is -0.349 e. The number of nitrogens with one attached hydrogen (secondary N) is 1. The van der Waals surface area contributed by atoms with Crippen LogP contribution < -0.4 is 10.5 Å². The number of non-ortho nitro benzene ring substituents is 1. The highest BCUT2D eigenvalue weighted by molar-refractivity contribution is 7.89. The first-order valence-electron chi connectivity index (χ1n) is 6.40. The molecule has 0 spiro atoms. The summed E-state index contributed by atoms with van der Waals surface area (Å²) in [6.45, 7) is 0. The van der Waals surface area contributed by atoms with Crippen LogP contribution in [0.4, 0.5) is 5.69 Å². The largest absolute Gasteiger partial charge is 0.349 e. The minimum atomic E-state index is -4.13. The number of benzene rings is 1. The van der Waals surface area contributed by atoms with Crippen LogP contribution in [0.3, 0.4) is 0 Å². The summed E-state index contributed by atoms with van der Waals surface area (Å²) in [6.07, 6.45) is 3.73. The molecule has 114 valence electrons. The van der Waals surface area contributed by atoms with E-state index in [1.807, 2.05) is 0 Å². The van der Waals surface area contributed by atoms with Crippen molar-refractivity contribution >= 4 is 21.6 Å². The van der Waals surface area contributed by atoms with Crippen LogP contribution in [0.2, 0.25) is 0 Å². The van der Waals surface area contributed by atoms with Crippen LogP contribution in [-0.2, 0) is 10.0 Å². The van der Waals surface area contributed by atoms with Gasteiger partial charge >= 0.3 is 0 Å². The first-order chi connectivity index (χ1) is 9.77. The van der Waals surface area contributed by atoms with Gasteiger partial charge in [0.15, 0.2) is 0 Å². The number of carbonyl (C=O) groups is 1. The Bertz CT molecular complexity index is 680. The summed E-state index contributed by atoms with van der Waals surface area (Å²) >= 11 is 0. The van der Waals surface area contributed by atoms with E-state index in [1.54, 1.807) is 0 Å². The van der Waals surface area contributed by atoms with Crippen LogP contribution in [0.25, 0.3) is 0 Å². The smallest absolute Gasteiger partial charge is 0.271 e. The number of nitrogens with two attached hydrogens (primary N) is 1. The predicted octanol–water partition coefficient (Wildman–Crippen LogP) is 0.915. The fourth-order valence-corrected chi connectivity index (χ4v) is 2.90. The van der Waals surface area contributed by atoms with Crippen LogP contribution >= 0.6 is 0 Å². The zero-order valence-electron chi connectivity index (χ0n) is 11.1. The van der Waals surface area contributed by atoms with Gasteiger partial charge in [0.2, 0.25) is 10.0 Å². The lowest BCUT2D eigenvalue weighted by atomic mass is 10.1. The van der Waals surface area contributed by atoms with Crippen molar-refractivity contribution in [1.82, 2.24) is 5.32 Å². The Morgan fingerprint density at radius 2 is 1.90 bits per heavy atom. The van der Waals surface area contributed by atoms with E-state index in [9.17, 15) is 23.3 Å². The van der Waals surface area contributed by atoms with Crippen LogP contribution in [0.5, 0.6) is 0 Å². The molecule has 1 aliphatic carbocycles. The van der Waals surface area contributed by atoms with E-state index in [4.69, 9.17) is 5.14 Å². The first kappa shape index (κ1) is 15.4. The number of rotatable bonds is 4. The SMILES string of the molecule is NS(=O)(=O)c1cc(C(=O)NC2CCCC2)cc([N+](=O)[O-])c1. The van der Waals surface area contributed by atoms with E-state index in [-0.39, 0.29) is 11.6 Å². The second-order valence-electron chi connectivity index (χ2n) is 4.97. The normalized spacial score (nSPS) is 15.9. The highest BCUT2D eigenvalue weighted by atomic mass is 32.2. The maximum atomic E-state index is 12.1. The van der Waals surface area contributed by atoms with Crippen molar-refractivity contribution in [2.45, 2.75) is 36.6 Å². The molecule has 1 amide bonds. The van der Waals surface area contributed by atoms with Crippen molar-refractivity contribution in [1.29, 1.82) is 0 Å². The average molecular weight is 313 g/mol. The quantitative estimate of drug-likeness (QED) is 0.630. The van der Waals surface area contributed by atoms with E-state index in [0.717, 1.165) is 43.9 Å². The van der Waals surface area contributed by atoms with Crippen molar-refractivity contribution in [3.63, 3.8) is 0 Å². The molecule has 1 aliphatic rings. The highest BCUT2D eigenvalue weighted by Gasteiger charge is 2.22. The van der Waals surface area contributed by atoms with Gasteiger partial charge < -0.3 is 5.32 Å². The molecule has 1 fully saturated rings. The van der Waals surface area contributed by atoms with E-state index in [0.29, 0.717) is 0 Å². The molecule has 0 unspecified atom stereocenters. The third kappa shape index (κ3) is 3.76. The monoisotopic (exact) mass is 313 g/mol. The third-order valence-corrected chi connectivity index (χ3v) is 4.28. The zero-order chi connectivity index (χ0) is 15.6. The van der Waals surface area contributed by atoms with Gasteiger partial charge in [-0.25, -0.2) is 13.6 Å². The molecule has 0 atom stereocenters. The number of hydrogen-bond acceptors (Lipinski definition) is 5. The van der Waals surface area contributed by atoms with Crippen LogP contribution in [0, 0.1) is 10.1 Å². The summed E-state index contributed by atoms with van der Waals surface area (Å²) in [6, 6.07) is 2.95. The Kier molecular flexibility index (Phi) is 4.24. The van der Waals surface area contributed by atoms with Crippen LogP contribution in [0.15, 0.2) is 23.1 Å². The molecule has 0 aliphatic heterocycles. The molecule has 0 heterocycles. The lowest BCUT2D eigenvalue weighted by Gasteiger charge is -2.12. The summed E-state index contributed by atoms with van der Waals surface area (Å²) in [5.74, 6) is -0.532. The van der Waals surface area contributed by atoms with Gasteiger partial charge in [-0.15, -0.1) is 0 Å².